The fraction of sp³-hybridized carbons (Fsp3) is 0.333. The summed E-state index contributed by atoms with van der Waals surface area (Å²) in [5.74, 6) is -4.57. The monoisotopic (exact) mass is 877 g/mol. The number of amides is 1. The van der Waals surface area contributed by atoms with Crippen LogP contribution in [0.5, 0.6) is 0 Å². The van der Waals surface area contributed by atoms with Crippen molar-refractivity contribution < 1.29 is 32.7 Å². The summed E-state index contributed by atoms with van der Waals surface area (Å²) in [4.78, 5) is 64.6. The number of allylic oxidation sites excluding steroid dienone is 6. The van der Waals surface area contributed by atoms with Crippen molar-refractivity contribution in [3.63, 3.8) is 0 Å². The molecule has 2 atom stereocenters. The Hall–Kier alpha value is -5.86. The standard InChI is InChI=1S/C25H25N3O2S.C23H24F2N2O3S/c1-15-21(17(3)29)23(20-14-31-24-19(20)11-8-12-26-24)22(16(2)27-15)25(30)28(4)13-18-9-6-5-7-10-18;1-12-18(14(3)28)20(17-11-31-21-16(17)5-4-10-26-21)19(13(2)27-12)22(29)30-15-6-8-23(24,25)9-7-15/h5-12,14,23,27H,13H2,1-4H3;4-5,10-11,15,20,27H,6-9H2,1-3H3. The highest BCUT2D eigenvalue weighted by molar-refractivity contribution is 7.17. The second kappa shape index (κ2) is 18.2. The van der Waals surface area contributed by atoms with E-state index in [1.54, 1.807) is 38.2 Å². The van der Waals surface area contributed by atoms with Gasteiger partial charge in [-0.2, -0.15) is 0 Å². The number of likely N-dealkylation sites (N-methyl/N-ethyl adjacent to an activating group) is 1. The molecule has 3 aliphatic rings. The van der Waals surface area contributed by atoms with Gasteiger partial charge >= 0.3 is 5.97 Å². The molecule has 1 fully saturated rings. The summed E-state index contributed by atoms with van der Waals surface area (Å²) in [5.41, 5.74) is 7.77. The first-order valence-electron chi connectivity index (χ1n) is 20.5. The third kappa shape index (κ3) is 9.03. The molecule has 0 bridgehead atoms. The van der Waals surface area contributed by atoms with Crippen LogP contribution in [-0.2, 0) is 30.5 Å². The molecule has 0 radical (unpaired) electrons. The molecule has 0 spiro atoms. The van der Waals surface area contributed by atoms with Crippen LogP contribution < -0.4 is 10.6 Å². The fourth-order valence-electron chi connectivity index (χ4n) is 8.80. The lowest BCUT2D eigenvalue weighted by Crippen LogP contribution is -2.36. The molecule has 1 aliphatic carbocycles. The Morgan fingerprint density at radius 3 is 1.68 bits per heavy atom. The van der Waals surface area contributed by atoms with Gasteiger partial charge in [0.05, 0.1) is 5.57 Å². The summed E-state index contributed by atoms with van der Waals surface area (Å²) in [6.45, 7) is 10.9. The number of carbonyl (C=O) groups excluding carboxylic acids is 4. The predicted octanol–water partition coefficient (Wildman–Crippen LogP) is 10.0. The highest BCUT2D eigenvalue weighted by Crippen LogP contribution is 2.45. The Kier molecular flexibility index (Phi) is 13.0. The minimum Gasteiger partial charge on any atom is -0.459 e. The van der Waals surface area contributed by atoms with Crippen LogP contribution in [0.4, 0.5) is 8.78 Å². The minimum atomic E-state index is -2.70. The van der Waals surface area contributed by atoms with Crippen molar-refractivity contribution in [1.82, 2.24) is 25.5 Å². The number of alkyl halides is 2. The summed E-state index contributed by atoms with van der Waals surface area (Å²) in [6, 6.07) is 17.5. The maximum atomic E-state index is 13.7. The molecule has 1 aromatic carbocycles. The van der Waals surface area contributed by atoms with Crippen molar-refractivity contribution in [2.75, 3.05) is 7.05 Å². The lowest BCUT2D eigenvalue weighted by Gasteiger charge is -2.32. The maximum Gasteiger partial charge on any atom is 0.337 e. The lowest BCUT2D eigenvalue weighted by molar-refractivity contribution is -0.151. The van der Waals surface area contributed by atoms with Gasteiger partial charge in [-0.25, -0.2) is 23.5 Å². The topological polar surface area (TPSA) is 131 Å². The first-order chi connectivity index (χ1) is 29.6. The van der Waals surface area contributed by atoms with Gasteiger partial charge in [0, 0.05) is 101 Å². The number of benzene rings is 1. The molecular weight excluding hydrogens is 829 g/mol. The van der Waals surface area contributed by atoms with E-state index in [1.807, 2.05) is 86.1 Å². The third-order valence-corrected chi connectivity index (χ3v) is 13.5. The number of nitrogens with zero attached hydrogens (tertiary/aromatic N) is 3. The lowest BCUT2D eigenvalue weighted by atomic mass is 9.78. The number of fused-ring (bicyclic) bond motifs is 2. The summed E-state index contributed by atoms with van der Waals surface area (Å²) in [6.07, 6.45) is 2.59. The van der Waals surface area contributed by atoms with Crippen LogP contribution in [0.3, 0.4) is 0 Å². The van der Waals surface area contributed by atoms with Crippen molar-refractivity contribution >= 4 is 66.5 Å². The Balaban J connectivity index is 0.000000186. The fourth-order valence-corrected chi connectivity index (χ4v) is 10.7. The van der Waals surface area contributed by atoms with Crippen molar-refractivity contribution in [1.29, 1.82) is 0 Å². The number of dihydropyridines is 2. The van der Waals surface area contributed by atoms with E-state index < -0.39 is 29.8 Å². The number of thiophene rings is 2. The van der Waals surface area contributed by atoms with Crippen LogP contribution in [0, 0.1) is 0 Å². The number of halogens is 2. The smallest absolute Gasteiger partial charge is 0.337 e. The molecule has 1 amide bonds. The molecule has 0 saturated heterocycles. The molecule has 14 heteroatoms. The van der Waals surface area contributed by atoms with Gasteiger partial charge < -0.3 is 20.3 Å². The van der Waals surface area contributed by atoms with Crippen molar-refractivity contribution in [2.45, 2.75) is 97.6 Å². The van der Waals surface area contributed by atoms with Crippen LogP contribution in [0.2, 0.25) is 0 Å². The molecule has 6 heterocycles. The Morgan fingerprint density at radius 1 is 0.710 bits per heavy atom. The molecule has 2 N–H and O–H groups in total. The SMILES string of the molecule is CC(=O)C1=C(C)NC(C)=C(C(=O)N(C)Cc2ccccc2)C1c1csc2ncccc12.CC(=O)C1=C(C)NC(C)=C(C(=O)OC2CCC(F)(F)CC2)C1c1csc2ncccc12. The first kappa shape index (κ1) is 44.2. The van der Waals surface area contributed by atoms with Crippen LogP contribution in [0.15, 0.2) is 123 Å². The minimum absolute atomic E-state index is 0.0400. The first-order valence-corrected chi connectivity index (χ1v) is 22.2. The number of ether oxygens (including phenoxy) is 1. The zero-order chi connectivity index (χ0) is 44.5. The number of carbonyl (C=O) groups is 4. The quantitative estimate of drug-likeness (QED) is 0.139. The van der Waals surface area contributed by atoms with E-state index in [2.05, 4.69) is 20.6 Å². The summed E-state index contributed by atoms with van der Waals surface area (Å²) < 4.78 is 32.7. The summed E-state index contributed by atoms with van der Waals surface area (Å²) in [5, 5.41) is 12.2. The molecule has 62 heavy (non-hydrogen) atoms. The van der Waals surface area contributed by atoms with Crippen molar-refractivity contribution in [2.24, 2.45) is 0 Å². The van der Waals surface area contributed by atoms with E-state index in [9.17, 15) is 28.0 Å². The number of pyridine rings is 2. The second-order valence-corrected chi connectivity index (χ2v) is 17.8. The molecule has 2 unspecified atom stereocenters. The van der Waals surface area contributed by atoms with Crippen molar-refractivity contribution in [3.05, 3.63) is 140 Å². The molecule has 1 saturated carbocycles. The molecule has 5 aromatic rings. The van der Waals surface area contributed by atoms with E-state index in [0.717, 1.165) is 48.5 Å². The summed E-state index contributed by atoms with van der Waals surface area (Å²) in [7, 11) is 1.80. The highest BCUT2D eigenvalue weighted by atomic mass is 32.1. The number of nitrogens with one attached hydrogen (secondary N) is 2. The average Bonchev–Trinajstić information content (AvgIpc) is 3.86. The number of ketones is 2. The number of hydrogen-bond acceptors (Lipinski definition) is 11. The normalized spacial score (nSPS) is 19.2. The Morgan fingerprint density at radius 2 is 1.18 bits per heavy atom. The number of rotatable bonds is 9. The van der Waals surface area contributed by atoms with Crippen LogP contribution in [-0.4, -0.2) is 57.4 Å². The van der Waals surface area contributed by atoms with Gasteiger partial charge in [-0.3, -0.25) is 14.4 Å². The van der Waals surface area contributed by atoms with Crippen molar-refractivity contribution in [3.8, 4) is 0 Å². The molecule has 10 nitrogen and oxygen atoms in total. The highest BCUT2D eigenvalue weighted by Gasteiger charge is 2.41. The van der Waals surface area contributed by atoms with Gasteiger partial charge in [0.15, 0.2) is 11.6 Å². The Labute approximate surface area is 367 Å². The zero-order valence-corrected chi connectivity index (χ0v) is 37.4. The maximum absolute atomic E-state index is 13.7. The van der Waals surface area contributed by atoms with Crippen LogP contribution in [0.25, 0.3) is 20.4 Å². The van der Waals surface area contributed by atoms with Gasteiger partial charge in [0.25, 0.3) is 5.91 Å². The largest absolute Gasteiger partial charge is 0.459 e. The van der Waals surface area contributed by atoms with Gasteiger partial charge in [-0.1, -0.05) is 42.5 Å². The molecule has 4 aromatic heterocycles. The van der Waals surface area contributed by atoms with Crippen LogP contribution >= 0.6 is 22.7 Å². The second-order valence-electron chi connectivity index (χ2n) is 16.1. The number of hydrogen-bond donors (Lipinski definition) is 2. The number of esters is 1. The van der Waals surface area contributed by atoms with E-state index in [-0.39, 0.29) is 43.2 Å². The van der Waals surface area contributed by atoms with Crippen LogP contribution in [0.1, 0.15) is 95.8 Å². The predicted molar refractivity (Wildman–Crippen MR) is 239 cm³/mol. The number of aromatic nitrogens is 2. The van der Waals surface area contributed by atoms with E-state index in [0.29, 0.717) is 40.2 Å². The third-order valence-electron chi connectivity index (χ3n) is 11.7. The zero-order valence-electron chi connectivity index (χ0n) is 35.7. The van der Waals surface area contributed by atoms with Gasteiger partial charge in [0.1, 0.15) is 15.8 Å². The van der Waals surface area contributed by atoms with Gasteiger partial charge in [-0.05, 0) is 94.0 Å². The van der Waals surface area contributed by atoms with Gasteiger partial charge in [0.2, 0.25) is 5.92 Å². The molecule has 2 aliphatic heterocycles. The Bertz CT molecular complexity index is 2700. The van der Waals surface area contributed by atoms with E-state index in [1.165, 1.54) is 29.6 Å². The summed E-state index contributed by atoms with van der Waals surface area (Å²) >= 11 is 2.99. The molecular formula is C48H49F2N5O5S2. The molecule has 322 valence electrons. The molecule has 8 rings (SSSR count). The van der Waals surface area contributed by atoms with E-state index >= 15 is 0 Å². The van der Waals surface area contributed by atoms with E-state index in [4.69, 9.17) is 4.74 Å². The number of Topliss-reactive ketones (excluding diaryl/α,β-unsaturated/α-hetero) is 2. The average molecular weight is 878 g/mol. The van der Waals surface area contributed by atoms with Gasteiger partial charge in [-0.15, -0.1) is 22.7 Å².